The average molecular weight is 410 g/mol. The second-order valence-electron chi connectivity index (χ2n) is 4.56. The van der Waals surface area contributed by atoms with Crippen LogP contribution in [0.2, 0.25) is 0 Å². The van der Waals surface area contributed by atoms with Crippen LogP contribution in [0.5, 0.6) is 0 Å². The monoisotopic (exact) mass is 410 g/mol. The summed E-state index contributed by atoms with van der Waals surface area (Å²) in [6.45, 7) is 0.329. The van der Waals surface area contributed by atoms with Crippen LogP contribution in [0.3, 0.4) is 0 Å². The van der Waals surface area contributed by atoms with E-state index in [0.29, 0.717) is 24.2 Å². The molecule has 0 bridgehead atoms. The normalized spacial score (nSPS) is 15.4. The van der Waals surface area contributed by atoms with Crippen LogP contribution < -0.4 is 10.6 Å². The van der Waals surface area contributed by atoms with Crippen molar-refractivity contribution in [2.45, 2.75) is 30.3 Å². The van der Waals surface area contributed by atoms with Crippen molar-refractivity contribution in [2.75, 3.05) is 13.3 Å². The van der Waals surface area contributed by atoms with E-state index >= 15 is 0 Å². The van der Waals surface area contributed by atoms with Crippen molar-refractivity contribution < 1.29 is 8.42 Å². The van der Waals surface area contributed by atoms with E-state index in [-0.39, 0.29) is 28.9 Å². The highest BCUT2D eigenvalue weighted by atomic mass is 127. The fourth-order valence-corrected chi connectivity index (χ4v) is 2.56. The molecule has 8 heteroatoms. The molecule has 1 aliphatic carbocycles. The molecule has 2 N–H and O–H groups in total. The summed E-state index contributed by atoms with van der Waals surface area (Å²) in [5.74, 6) is 0.674. The molecule has 1 saturated carbocycles. The first-order valence-electron chi connectivity index (χ1n) is 6.12. The molecule has 1 aromatic rings. The van der Waals surface area contributed by atoms with Gasteiger partial charge in [0, 0.05) is 25.5 Å². The smallest absolute Gasteiger partial charge is 0.191 e. The lowest BCUT2D eigenvalue weighted by atomic mass is 10.3. The Morgan fingerprint density at radius 3 is 2.75 bits per heavy atom. The van der Waals surface area contributed by atoms with Crippen molar-refractivity contribution >= 4 is 39.8 Å². The Hall–Kier alpha value is -0.900. The summed E-state index contributed by atoms with van der Waals surface area (Å²) in [6.07, 6.45) is 5.07. The van der Waals surface area contributed by atoms with Crippen LogP contribution in [0.25, 0.3) is 0 Å². The molecule has 1 aliphatic rings. The van der Waals surface area contributed by atoms with Crippen molar-refractivity contribution in [3.63, 3.8) is 0 Å². The molecule has 20 heavy (non-hydrogen) atoms. The first-order valence-corrected chi connectivity index (χ1v) is 8.01. The highest BCUT2D eigenvalue weighted by Gasteiger charge is 2.22. The molecule has 0 aliphatic heterocycles. The van der Waals surface area contributed by atoms with Gasteiger partial charge in [-0.2, -0.15) is 0 Å². The Morgan fingerprint density at radius 2 is 2.20 bits per heavy atom. The minimum Gasteiger partial charge on any atom is -0.354 e. The van der Waals surface area contributed by atoms with Gasteiger partial charge in [-0.3, -0.25) is 9.98 Å². The predicted octanol–water partition coefficient (Wildman–Crippen LogP) is 0.930. The number of aliphatic imine (C=N–C) groups is 1. The van der Waals surface area contributed by atoms with Gasteiger partial charge in [-0.05, 0) is 25.0 Å². The van der Waals surface area contributed by atoms with E-state index in [4.69, 9.17) is 0 Å². The molecule has 0 spiro atoms. The highest BCUT2D eigenvalue weighted by molar-refractivity contribution is 14.0. The second kappa shape index (κ2) is 7.21. The first kappa shape index (κ1) is 17.2. The lowest BCUT2D eigenvalue weighted by Crippen LogP contribution is -2.38. The van der Waals surface area contributed by atoms with E-state index in [9.17, 15) is 8.42 Å². The molecule has 1 fully saturated rings. The van der Waals surface area contributed by atoms with Gasteiger partial charge in [0.05, 0.1) is 17.1 Å². The standard InChI is InChI=1S/C12H18N4O2S.HI/c1-13-12(16-9-5-6-9)15-8-10-11(19(2,17)18)4-3-7-14-10;/h3-4,7,9H,5-6,8H2,1-2H3,(H2,13,15,16);1H. The maximum Gasteiger partial charge on any atom is 0.191 e. The third kappa shape index (κ3) is 4.89. The van der Waals surface area contributed by atoms with E-state index in [2.05, 4.69) is 20.6 Å². The van der Waals surface area contributed by atoms with Gasteiger partial charge in [-0.15, -0.1) is 24.0 Å². The highest BCUT2D eigenvalue weighted by Crippen LogP contribution is 2.18. The maximum absolute atomic E-state index is 11.6. The van der Waals surface area contributed by atoms with E-state index in [1.54, 1.807) is 25.4 Å². The van der Waals surface area contributed by atoms with Crippen molar-refractivity contribution in [2.24, 2.45) is 4.99 Å². The molecule has 6 nitrogen and oxygen atoms in total. The SMILES string of the molecule is CN=C(NCc1ncccc1S(C)(=O)=O)NC1CC1.I. The van der Waals surface area contributed by atoms with Crippen LogP contribution in [-0.4, -0.2) is 38.7 Å². The van der Waals surface area contributed by atoms with Gasteiger partial charge in [-0.1, -0.05) is 0 Å². The number of aromatic nitrogens is 1. The number of nitrogens with one attached hydrogen (secondary N) is 2. The predicted molar refractivity (Wildman–Crippen MR) is 89.1 cm³/mol. The van der Waals surface area contributed by atoms with E-state index in [0.717, 1.165) is 12.8 Å². The molecule has 0 saturated heterocycles. The van der Waals surface area contributed by atoms with Gasteiger partial charge in [0.2, 0.25) is 0 Å². The van der Waals surface area contributed by atoms with Gasteiger partial charge in [0.1, 0.15) is 0 Å². The van der Waals surface area contributed by atoms with Crippen LogP contribution in [0.1, 0.15) is 18.5 Å². The number of rotatable bonds is 4. The summed E-state index contributed by atoms with van der Waals surface area (Å²) in [4.78, 5) is 8.47. The number of guanidine groups is 1. The number of sulfone groups is 1. The molecule has 1 aromatic heterocycles. The van der Waals surface area contributed by atoms with Crippen molar-refractivity contribution in [3.8, 4) is 0 Å². The number of halogens is 1. The first-order chi connectivity index (χ1) is 9.00. The fourth-order valence-electron chi connectivity index (χ4n) is 1.68. The molecule has 2 rings (SSSR count). The molecular formula is C12H19IN4O2S. The zero-order valence-electron chi connectivity index (χ0n) is 11.5. The van der Waals surface area contributed by atoms with Gasteiger partial charge in [0.15, 0.2) is 15.8 Å². The molecule has 0 aromatic carbocycles. The molecule has 0 amide bonds. The second-order valence-corrected chi connectivity index (χ2v) is 6.55. The lowest BCUT2D eigenvalue weighted by molar-refractivity contribution is 0.599. The van der Waals surface area contributed by atoms with Crippen LogP contribution in [0.4, 0.5) is 0 Å². The lowest BCUT2D eigenvalue weighted by Gasteiger charge is -2.12. The van der Waals surface area contributed by atoms with Crippen LogP contribution in [-0.2, 0) is 16.4 Å². The van der Waals surface area contributed by atoms with Crippen molar-refractivity contribution in [3.05, 3.63) is 24.0 Å². The van der Waals surface area contributed by atoms with E-state index < -0.39 is 9.84 Å². The van der Waals surface area contributed by atoms with Crippen LogP contribution in [0.15, 0.2) is 28.2 Å². The molecule has 0 radical (unpaired) electrons. The van der Waals surface area contributed by atoms with Gasteiger partial charge >= 0.3 is 0 Å². The maximum atomic E-state index is 11.6. The molecule has 0 unspecified atom stereocenters. The summed E-state index contributed by atoms with van der Waals surface area (Å²) in [5.41, 5.74) is 0.503. The Labute approximate surface area is 136 Å². The zero-order chi connectivity index (χ0) is 13.9. The van der Waals surface area contributed by atoms with E-state index in [1.165, 1.54) is 6.26 Å². The molecule has 1 heterocycles. The Kier molecular flexibility index (Phi) is 6.18. The number of hydrogen-bond acceptors (Lipinski definition) is 4. The summed E-state index contributed by atoms with van der Waals surface area (Å²) in [6, 6.07) is 3.68. The zero-order valence-corrected chi connectivity index (χ0v) is 14.6. The Balaban J connectivity index is 0.00000200. The fraction of sp³-hybridized carbons (Fsp3) is 0.500. The number of hydrogen-bond donors (Lipinski definition) is 2. The van der Waals surface area contributed by atoms with E-state index in [1.807, 2.05) is 0 Å². The third-order valence-electron chi connectivity index (χ3n) is 2.81. The Bertz CT molecular complexity index is 585. The summed E-state index contributed by atoms with van der Waals surface area (Å²) < 4.78 is 23.3. The largest absolute Gasteiger partial charge is 0.354 e. The van der Waals surface area contributed by atoms with Gasteiger partial charge in [0.25, 0.3) is 0 Å². The van der Waals surface area contributed by atoms with Gasteiger partial charge < -0.3 is 10.6 Å². The van der Waals surface area contributed by atoms with Gasteiger partial charge in [-0.25, -0.2) is 8.42 Å². The third-order valence-corrected chi connectivity index (χ3v) is 3.98. The van der Waals surface area contributed by atoms with Crippen molar-refractivity contribution in [1.82, 2.24) is 15.6 Å². The molecule has 0 atom stereocenters. The van der Waals surface area contributed by atoms with Crippen molar-refractivity contribution in [1.29, 1.82) is 0 Å². The average Bonchev–Trinajstić information content (AvgIpc) is 3.17. The summed E-state index contributed by atoms with van der Waals surface area (Å²) in [7, 11) is -1.57. The number of pyridine rings is 1. The topological polar surface area (TPSA) is 83.5 Å². The minimum absolute atomic E-state index is 0. The number of nitrogens with zero attached hydrogens (tertiary/aromatic N) is 2. The molecular weight excluding hydrogens is 391 g/mol. The quantitative estimate of drug-likeness (QED) is 0.439. The summed E-state index contributed by atoms with van der Waals surface area (Å²) >= 11 is 0. The minimum atomic E-state index is -3.26. The van der Waals surface area contributed by atoms with Crippen LogP contribution in [0, 0.1) is 0 Å². The summed E-state index contributed by atoms with van der Waals surface area (Å²) in [5, 5.41) is 6.31. The Morgan fingerprint density at radius 1 is 1.50 bits per heavy atom. The molecule has 112 valence electrons. The van der Waals surface area contributed by atoms with Crippen LogP contribution >= 0.6 is 24.0 Å².